The van der Waals surface area contributed by atoms with Crippen LogP contribution in [0.3, 0.4) is 0 Å². The molecule has 3 aromatic rings. The Hall–Kier alpha value is -3.67. The van der Waals surface area contributed by atoms with Crippen LogP contribution in [0.2, 0.25) is 0 Å². The van der Waals surface area contributed by atoms with Gasteiger partial charge in [-0.25, -0.2) is 18.7 Å². The molecule has 0 atom stereocenters. The molecule has 2 amide bonds. The number of urea groups is 1. The molecule has 0 saturated carbocycles. The lowest BCUT2D eigenvalue weighted by Gasteiger charge is -2.29. The molecular weight excluding hydrogens is 504 g/mol. The monoisotopic (exact) mass is 532 g/mol. The Bertz CT molecular complexity index is 1390. The third-order valence-corrected chi connectivity index (χ3v) is 6.68. The second-order valence-electron chi connectivity index (χ2n) is 9.58. The van der Waals surface area contributed by atoms with Gasteiger partial charge in [-0.1, -0.05) is 6.08 Å². The molecule has 1 aromatic carbocycles. The summed E-state index contributed by atoms with van der Waals surface area (Å²) in [5, 5.41) is 7.04. The highest BCUT2D eigenvalue weighted by molar-refractivity contribution is 5.91. The fourth-order valence-electron chi connectivity index (χ4n) is 4.91. The number of nitrogens with one attached hydrogen (secondary N) is 1. The van der Waals surface area contributed by atoms with Crippen LogP contribution in [-0.2, 0) is 4.74 Å². The van der Waals surface area contributed by atoms with Gasteiger partial charge in [0.05, 0.1) is 31.0 Å². The summed E-state index contributed by atoms with van der Waals surface area (Å²) in [6.07, 6.45) is -1.80. The minimum atomic E-state index is -4.35. The number of hydrogen-bond donors (Lipinski definition) is 1. The van der Waals surface area contributed by atoms with Gasteiger partial charge in [-0.2, -0.15) is 18.3 Å². The van der Waals surface area contributed by atoms with Crippen LogP contribution in [0, 0.1) is 19.7 Å². The predicted molar refractivity (Wildman–Crippen MR) is 135 cm³/mol. The summed E-state index contributed by atoms with van der Waals surface area (Å²) in [5.74, 6) is -0.0188. The predicted octanol–water partition coefficient (Wildman–Crippen LogP) is 5.11. The number of fused-ring (bicyclic) bond motifs is 1. The highest BCUT2D eigenvalue weighted by Gasteiger charge is 2.31. The molecule has 1 N–H and O–H groups in total. The summed E-state index contributed by atoms with van der Waals surface area (Å²) in [5.41, 5.74) is 3.74. The van der Waals surface area contributed by atoms with Crippen LogP contribution >= 0.6 is 0 Å². The quantitative estimate of drug-likeness (QED) is 0.374. The van der Waals surface area contributed by atoms with E-state index in [2.05, 4.69) is 20.3 Å². The molecule has 202 valence electrons. The van der Waals surface area contributed by atoms with Crippen LogP contribution in [-0.4, -0.2) is 71.1 Å². The topological polar surface area (TPSA) is 75.0 Å². The molecule has 4 heterocycles. The zero-order valence-corrected chi connectivity index (χ0v) is 21.1. The number of amides is 2. The lowest BCUT2D eigenvalue weighted by molar-refractivity contribution is -0.127. The van der Waals surface area contributed by atoms with E-state index in [1.165, 1.54) is 17.0 Å². The standard InChI is InChI=1S/C26H28F4N6O2/c1-16-10-21(27)22(32-25(37)35-5-3-4-18(14-35)13-26(28,29)30)12-20(16)19-11-23(34-6-8-38-9-7-34)24-31-17(2)33-36(24)15-19/h4,10-12,15H,3,5-9,13-14H2,1-2H3,(H,32,37). The summed E-state index contributed by atoms with van der Waals surface area (Å²) in [4.78, 5) is 20.9. The summed E-state index contributed by atoms with van der Waals surface area (Å²) < 4.78 is 60.6. The molecule has 2 aromatic heterocycles. The van der Waals surface area contributed by atoms with Crippen molar-refractivity contribution in [3.8, 4) is 11.1 Å². The number of anilines is 2. The molecule has 2 aliphatic heterocycles. The molecule has 0 bridgehead atoms. The fourth-order valence-corrected chi connectivity index (χ4v) is 4.91. The average molecular weight is 533 g/mol. The molecule has 1 saturated heterocycles. The van der Waals surface area contributed by atoms with Gasteiger partial charge in [0, 0.05) is 37.9 Å². The van der Waals surface area contributed by atoms with Crippen LogP contribution < -0.4 is 10.2 Å². The lowest BCUT2D eigenvalue weighted by Crippen LogP contribution is -2.39. The first-order chi connectivity index (χ1) is 18.1. The van der Waals surface area contributed by atoms with Gasteiger partial charge in [0.2, 0.25) is 0 Å². The van der Waals surface area contributed by atoms with Crippen LogP contribution in [0.5, 0.6) is 0 Å². The molecule has 0 unspecified atom stereocenters. The number of rotatable bonds is 4. The van der Waals surface area contributed by atoms with Gasteiger partial charge >= 0.3 is 12.2 Å². The number of hydrogen-bond acceptors (Lipinski definition) is 5. The summed E-state index contributed by atoms with van der Waals surface area (Å²) in [7, 11) is 0. The van der Waals surface area contributed by atoms with Gasteiger partial charge in [0.25, 0.3) is 0 Å². The number of aryl methyl sites for hydroxylation is 2. The van der Waals surface area contributed by atoms with Crippen molar-refractivity contribution in [3.63, 3.8) is 0 Å². The normalized spacial score (nSPS) is 16.6. The van der Waals surface area contributed by atoms with Crippen molar-refractivity contribution in [1.82, 2.24) is 19.5 Å². The van der Waals surface area contributed by atoms with Crippen molar-refractivity contribution in [2.75, 3.05) is 49.6 Å². The number of alkyl halides is 3. The molecule has 2 aliphatic rings. The van der Waals surface area contributed by atoms with Gasteiger partial charge in [0.1, 0.15) is 11.6 Å². The molecule has 8 nitrogen and oxygen atoms in total. The van der Waals surface area contributed by atoms with E-state index in [0.717, 1.165) is 11.3 Å². The van der Waals surface area contributed by atoms with E-state index in [1.54, 1.807) is 17.5 Å². The number of benzene rings is 1. The van der Waals surface area contributed by atoms with Gasteiger partial charge in [-0.15, -0.1) is 0 Å². The van der Waals surface area contributed by atoms with Gasteiger partial charge in [-0.3, -0.25) is 0 Å². The second-order valence-corrected chi connectivity index (χ2v) is 9.58. The average Bonchev–Trinajstić information content (AvgIpc) is 3.24. The molecule has 38 heavy (non-hydrogen) atoms. The SMILES string of the molecule is Cc1nc2c(N3CCOCC3)cc(-c3cc(NC(=O)N4CCC=C(CC(F)(F)F)C4)c(F)cc3C)cn2n1. The molecule has 5 rings (SSSR count). The summed E-state index contributed by atoms with van der Waals surface area (Å²) >= 11 is 0. The Labute approximate surface area is 216 Å². The van der Waals surface area contributed by atoms with Gasteiger partial charge in [0.15, 0.2) is 5.65 Å². The molecule has 0 spiro atoms. The summed E-state index contributed by atoms with van der Waals surface area (Å²) in [6.45, 7) is 6.23. The number of halogens is 4. The first-order valence-corrected chi connectivity index (χ1v) is 12.4. The highest BCUT2D eigenvalue weighted by atomic mass is 19.4. The molecule has 12 heteroatoms. The maximum absolute atomic E-state index is 15.0. The smallest absolute Gasteiger partial charge is 0.378 e. The van der Waals surface area contributed by atoms with E-state index in [-0.39, 0.29) is 24.4 Å². The zero-order valence-electron chi connectivity index (χ0n) is 21.1. The zero-order chi connectivity index (χ0) is 27.0. The van der Waals surface area contributed by atoms with Crippen molar-refractivity contribution in [3.05, 3.63) is 53.3 Å². The Balaban J connectivity index is 1.44. The largest absolute Gasteiger partial charge is 0.392 e. The van der Waals surface area contributed by atoms with E-state index < -0.39 is 24.4 Å². The number of aromatic nitrogens is 3. The van der Waals surface area contributed by atoms with Crippen LogP contribution in [0.25, 0.3) is 16.8 Å². The van der Waals surface area contributed by atoms with Gasteiger partial charge < -0.3 is 19.9 Å². The number of carbonyl (C=O) groups is 1. The third-order valence-electron chi connectivity index (χ3n) is 6.68. The maximum atomic E-state index is 15.0. The summed E-state index contributed by atoms with van der Waals surface area (Å²) in [6, 6.07) is 4.20. The number of carbonyl (C=O) groups excluding carboxylic acids is 1. The lowest BCUT2D eigenvalue weighted by atomic mass is 10.00. The first kappa shape index (κ1) is 26.0. The first-order valence-electron chi connectivity index (χ1n) is 12.4. The fraction of sp³-hybridized carbons (Fsp3) is 0.423. The minimum Gasteiger partial charge on any atom is -0.378 e. The van der Waals surface area contributed by atoms with Crippen LogP contribution in [0.15, 0.2) is 36.0 Å². The van der Waals surface area contributed by atoms with Gasteiger partial charge in [-0.05, 0) is 55.2 Å². The Morgan fingerprint density at radius 3 is 2.63 bits per heavy atom. The molecular formula is C26H28F4N6O2. The molecule has 0 aliphatic carbocycles. The van der Waals surface area contributed by atoms with E-state index >= 15 is 0 Å². The van der Waals surface area contributed by atoms with Crippen LogP contribution in [0.4, 0.5) is 33.7 Å². The van der Waals surface area contributed by atoms with E-state index in [1.807, 2.05) is 19.2 Å². The Morgan fingerprint density at radius 2 is 1.89 bits per heavy atom. The number of ether oxygens (including phenoxy) is 1. The van der Waals surface area contributed by atoms with E-state index in [0.29, 0.717) is 55.3 Å². The highest BCUT2D eigenvalue weighted by Crippen LogP contribution is 2.34. The van der Waals surface area contributed by atoms with Crippen LogP contribution in [0.1, 0.15) is 24.2 Å². The molecule has 0 radical (unpaired) electrons. The van der Waals surface area contributed by atoms with Crippen molar-refractivity contribution in [1.29, 1.82) is 0 Å². The van der Waals surface area contributed by atoms with Crippen molar-refractivity contribution in [2.45, 2.75) is 32.9 Å². The van der Waals surface area contributed by atoms with Crippen molar-refractivity contribution < 1.29 is 27.1 Å². The second kappa shape index (κ2) is 10.2. The van der Waals surface area contributed by atoms with E-state index in [9.17, 15) is 22.4 Å². The Morgan fingerprint density at radius 1 is 1.13 bits per heavy atom. The maximum Gasteiger partial charge on any atom is 0.392 e. The van der Waals surface area contributed by atoms with Crippen molar-refractivity contribution >= 4 is 23.1 Å². The number of morpholine rings is 1. The van der Waals surface area contributed by atoms with Crippen molar-refractivity contribution in [2.24, 2.45) is 0 Å². The number of nitrogens with zero attached hydrogens (tertiary/aromatic N) is 5. The Kier molecular flexibility index (Phi) is 6.99. The number of pyridine rings is 1. The third kappa shape index (κ3) is 5.59. The minimum absolute atomic E-state index is 0.0506. The molecule has 1 fully saturated rings. The van der Waals surface area contributed by atoms with E-state index in [4.69, 9.17) is 4.74 Å².